The Labute approximate surface area is 218 Å². The van der Waals surface area contributed by atoms with Crippen LogP contribution in [-0.4, -0.2) is 45.5 Å². The third kappa shape index (κ3) is 5.63. The predicted molar refractivity (Wildman–Crippen MR) is 144 cm³/mol. The zero-order valence-electron chi connectivity index (χ0n) is 22.2. The number of hydrogen-bond donors (Lipinski definition) is 3. The Morgan fingerprint density at radius 2 is 1.76 bits per heavy atom. The number of fused-ring (bicyclic) bond motifs is 1. The minimum absolute atomic E-state index is 0.00239. The Bertz CT molecular complexity index is 1300. The van der Waals surface area contributed by atoms with Gasteiger partial charge in [0.1, 0.15) is 23.3 Å². The second kappa shape index (κ2) is 10.5. The van der Waals surface area contributed by atoms with E-state index in [4.69, 9.17) is 4.74 Å². The van der Waals surface area contributed by atoms with Gasteiger partial charge in [-0.3, -0.25) is 9.59 Å². The highest BCUT2D eigenvalue weighted by atomic mass is 16.5. The van der Waals surface area contributed by atoms with E-state index < -0.39 is 0 Å². The summed E-state index contributed by atoms with van der Waals surface area (Å²) in [5.74, 6) is 1.68. The zero-order chi connectivity index (χ0) is 26.1. The average Bonchev–Trinajstić information content (AvgIpc) is 3.63. The van der Waals surface area contributed by atoms with E-state index in [2.05, 4.69) is 51.6 Å². The first kappa shape index (κ1) is 25.2. The van der Waals surface area contributed by atoms with Crippen LogP contribution in [0, 0.1) is 12.8 Å². The summed E-state index contributed by atoms with van der Waals surface area (Å²) in [6.45, 7) is 8.51. The molecule has 0 aliphatic heterocycles. The normalized spacial score (nSPS) is 19.7. The van der Waals surface area contributed by atoms with E-state index in [1.807, 2.05) is 13.0 Å². The molecule has 2 saturated carbocycles. The summed E-state index contributed by atoms with van der Waals surface area (Å²) >= 11 is 0. The first-order chi connectivity index (χ1) is 17.8. The Hall–Kier alpha value is -3.42. The van der Waals surface area contributed by atoms with Crippen molar-refractivity contribution < 1.29 is 14.3 Å². The van der Waals surface area contributed by atoms with Crippen LogP contribution in [0.25, 0.3) is 22.3 Å². The van der Waals surface area contributed by atoms with Gasteiger partial charge in [0.05, 0.1) is 17.7 Å². The Morgan fingerprint density at radius 3 is 2.41 bits per heavy atom. The third-order valence-corrected chi connectivity index (χ3v) is 7.57. The van der Waals surface area contributed by atoms with Crippen LogP contribution in [0.2, 0.25) is 0 Å². The third-order valence-electron chi connectivity index (χ3n) is 7.57. The van der Waals surface area contributed by atoms with Crippen LogP contribution in [0.15, 0.2) is 24.5 Å². The number of amides is 2. The molecule has 8 nitrogen and oxygen atoms in total. The molecule has 196 valence electrons. The summed E-state index contributed by atoms with van der Waals surface area (Å²) < 4.78 is 6.24. The molecule has 0 atom stereocenters. The minimum Gasteiger partial charge on any atom is -0.493 e. The van der Waals surface area contributed by atoms with Crippen molar-refractivity contribution in [1.82, 2.24) is 25.6 Å². The molecule has 8 heteroatoms. The van der Waals surface area contributed by atoms with Gasteiger partial charge in [0.25, 0.3) is 5.91 Å². The molecule has 0 bridgehead atoms. The van der Waals surface area contributed by atoms with Crippen molar-refractivity contribution in [3.63, 3.8) is 0 Å². The molecule has 2 aliphatic carbocycles. The number of H-pyrrole nitrogens is 1. The quantitative estimate of drug-likeness (QED) is 0.400. The van der Waals surface area contributed by atoms with Crippen LogP contribution >= 0.6 is 0 Å². The number of nitrogens with zero attached hydrogens (tertiary/aromatic N) is 2. The number of ether oxygens (including phenoxy) is 1. The smallest absolute Gasteiger partial charge is 0.255 e. The lowest BCUT2D eigenvalue weighted by atomic mass is 9.91. The lowest BCUT2D eigenvalue weighted by Crippen LogP contribution is -2.43. The second-order valence-electron chi connectivity index (χ2n) is 11.0. The molecule has 37 heavy (non-hydrogen) atoms. The van der Waals surface area contributed by atoms with Crippen molar-refractivity contribution in [1.29, 1.82) is 0 Å². The summed E-state index contributed by atoms with van der Waals surface area (Å²) in [7, 11) is 0. The molecule has 1 aromatic carbocycles. The number of aryl methyl sites for hydroxylation is 1. The molecule has 2 aliphatic rings. The van der Waals surface area contributed by atoms with Gasteiger partial charge in [0.15, 0.2) is 0 Å². The van der Waals surface area contributed by atoms with Gasteiger partial charge in [-0.25, -0.2) is 9.97 Å². The first-order valence-corrected chi connectivity index (χ1v) is 13.5. The maximum absolute atomic E-state index is 13.4. The summed E-state index contributed by atoms with van der Waals surface area (Å²) in [6, 6.07) is 6.58. The van der Waals surface area contributed by atoms with E-state index in [0.717, 1.165) is 53.9 Å². The largest absolute Gasteiger partial charge is 0.493 e. The predicted octanol–water partition coefficient (Wildman–Crippen LogP) is 5.02. The summed E-state index contributed by atoms with van der Waals surface area (Å²) in [6.07, 6.45) is 7.37. The molecular formula is C29H37N5O3. The average molecular weight is 504 g/mol. The highest BCUT2D eigenvalue weighted by Gasteiger charge is 2.27. The summed E-state index contributed by atoms with van der Waals surface area (Å²) in [5, 5.41) is 6.19. The number of carbonyl (C=O) groups excluding carboxylic acids is 2. The number of aromatic nitrogens is 3. The maximum atomic E-state index is 13.4. The van der Waals surface area contributed by atoms with Crippen LogP contribution in [0.4, 0.5) is 0 Å². The number of carbonyl (C=O) groups is 2. The van der Waals surface area contributed by atoms with Gasteiger partial charge in [-0.05, 0) is 75.0 Å². The fraction of sp³-hybridized carbons (Fsp3) is 0.517. The molecule has 0 unspecified atom stereocenters. The maximum Gasteiger partial charge on any atom is 0.255 e. The fourth-order valence-corrected chi connectivity index (χ4v) is 5.24. The molecule has 3 aromatic rings. The molecule has 5 rings (SSSR count). The number of rotatable bonds is 8. The molecule has 2 aromatic heterocycles. The van der Waals surface area contributed by atoms with Crippen LogP contribution in [-0.2, 0) is 4.79 Å². The Kier molecular flexibility index (Phi) is 7.17. The molecule has 2 amide bonds. The highest BCUT2D eigenvalue weighted by molar-refractivity contribution is 6.09. The van der Waals surface area contributed by atoms with Crippen molar-refractivity contribution in [2.24, 2.45) is 5.92 Å². The van der Waals surface area contributed by atoms with Gasteiger partial charge in [0, 0.05) is 30.3 Å². The van der Waals surface area contributed by atoms with E-state index in [1.165, 1.54) is 24.7 Å². The van der Waals surface area contributed by atoms with E-state index in [1.54, 1.807) is 6.92 Å². The van der Waals surface area contributed by atoms with Crippen molar-refractivity contribution in [2.75, 3.05) is 6.61 Å². The summed E-state index contributed by atoms with van der Waals surface area (Å²) in [5.41, 5.74) is 5.56. The Balaban J connectivity index is 1.43. The van der Waals surface area contributed by atoms with Gasteiger partial charge < -0.3 is 20.4 Å². The number of aromatic amines is 1. The second-order valence-corrected chi connectivity index (χ2v) is 11.0. The molecule has 3 N–H and O–H groups in total. The van der Waals surface area contributed by atoms with E-state index in [-0.39, 0.29) is 23.9 Å². The van der Waals surface area contributed by atoms with Crippen molar-refractivity contribution in [2.45, 2.75) is 84.2 Å². The van der Waals surface area contributed by atoms with E-state index in [0.29, 0.717) is 29.5 Å². The zero-order valence-corrected chi connectivity index (χ0v) is 22.2. The lowest BCUT2D eigenvalue weighted by molar-refractivity contribution is -0.119. The highest BCUT2D eigenvalue weighted by Crippen LogP contribution is 2.38. The van der Waals surface area contributed by atoms with Crippen LogP contribution in [0.3, 0.4) is 0 Å². The van der Waals surface area contributed by atoms with Crippen LogP contribution < -0.4 is 15.4 Å². The van der Waals surface area contributed by atoms with Crippen molar-refractivity contribution >= 4 is 22.8 Å². The van der Waals surface area contributed by atoms with Gasteiger partial charge in [-0.1, -0.05) is 19.9 Å². The monoisotopic (exact) mass is 503 g/mol. The van der Waals surface area contributed by atoms with Crippen LogP contribution in [0.5, 0.6) is 5.75 Å². The van der Waals surface area contributed by atoms with Gasteiger partial charge in [0.2, 0.25) is 5.91 Å². The minimum atomic E-state index is -0.127. The standard InChI is InChI=1S/C29H37N5O3/c1-16(2)20-7-12-24(37-14-19-5-6-19)23(13-20)26-28-27(31-15-30-26)25(17(3)32-28)29(36)34-22-10-8-21(9-11-22)33-18(4)35/h7,12-13,15-16,19,21-22,32H,5-6,8-11,14H2,1-4H3,(H,33,35)(H,34,36)/t21-,22+. The molecule has 2 fully saturated rings. The molecule has 0 radical (unpaired) electrons. The molecule has 0 spiro atoms. The van der Waals surface area contributed by atoms with Crippen LogP contribution in [0.1, 0.15) is 86.8 Å². The van der Waals surface area contributed by atoms with Crippen molar-refractivity contribution in [3.8, 4) is 17.0 Å². The van der Waals surface area contributed by atoms with Crippen molar-refractivity contribution in [3.05, 3.63) is 41.3 Å². The molecule has 2 heterocycles. The molecule has 0 saturated heterocycles. The SMILES string of the molecule is CC(=O)N[C@H]1CC[C@@H](NC(=O)c2c(C)[nH]c3c(-c4cc(C(C)C)ccc4OCC4CC4)ncnc23)CC1. The molecular weight excluding hydrogens is 466 g/mol. The van der Waals surface area contributed by atoms with Gasteiger partial charge in [-0.15, -0.1) is 0 Å². The Morgan fingerprint density at radius 1 is 1.05 bits per heavy atom. The van der Waals surface area contributed by atoms with E-state index in [9.17, 15) is 9.59 Å². The van der Waals surface area contributed by atoms with Gasteiger partial charge >= 0.3 is 0 Å². The lowest BCUT2D eigenvalue weighted by Gasteiger charge is -2.29. The number of nitrogens with one attached hydrogen (secondary N) is 3. The first-order valence-electron chi connectivity index (χ1n) is 13.5. The summed E-state index contributed by atoms with van der Waals surface area (Å²) in [4.78, 5) is 37.4. The van der Waals surface area contributed by atoms with Gasteiger partial charge in [-0.2, -0.15) is 0 Å². The fourth-order valence-electron chi connectivity index (χ4n) is 5.24. The topological polar surface area (TPSA) is 109 Å². The van der Waals surface area contributed by atoms with E-state index >= 15 is 0 Å². The number of hydrogen-bond acceptors (Lipinski definition) is 5. The number of benzene rings is 1.